The molecule has 4 nitrogen and oxygen atoms in total. The number of hydrogen-bond acceptors (Lipinski definition) is 4. The van der Waals surface area contributed by atoms with Gasteiger partial charge in [0.05, 0.1) is 12.7 Å². The van der Waals surface area contributed by atoms with Crippen molar-refractivity contribution in [3.8, 4) is 0 Å². The van der Waals surface area contributed by atoms with Gasteiger partial charge >= 0.3 is 5.97 Å². The Morgan fingerprint density at radius 3 is 3.11 bits per heavy atom. The van der Waals surface area contributed by atoms with Crippen molar-refractivity contribution in [3.63, 3.8) is 0 Å². The predicted octanol–water partition coefficient (Wildman–Crippen LogP) is 1.81. The smallest absolute Gasteiger partial charge is 0.338 e. The highest BCUT2D eigenvalue weighted by Gasteiger charge is 2.23. The number of esters is 1. The molecule has 0 saturated carbocycles. The van der Waals surface area contributed by atoms with Gasteiger partial charge in [0.2, 0.25) is 0 Å². The number of nitrogens with one attached hydrogen (secondary N) is 1. The van der Waals surface area contributed by atoms with Crippen LogP contribution < -0.4 is 5.32 Å². The van der Waals surface area contributed by atoms with Gasteiger partial charge in [-0.15, -0.1) is 0 Å². The topological polar surface area (TPSA) is 51.2 Å². The standard InChI is InChI=1S/C14H13FN2O2/c1-19-14(18)12-8-3-2-4-10(15)13(8)17-11-5-6-16-7-9(11)12/h2-4,16H,5-7H2,1H3. The molecule has 1 N–H and O–H groups in total. The number of methoxy groups -OCH3 is 1. The van der Waals surface area contributed by atoms with Crippen LogP contribution >= 0.6 is 0 Å². The van der Waals surface area contributed by atoms with Crippen LogP contribution in [-0.4, -0.2) is 24.6 Å². The zero-order valence-electron chi connectivity index (χ0n) is 10.5. The van der Waals surface area contributed by atoms with Crippen LogP contribution in [-0.2, 0) is 17.7 Å². The summed E-state index contributed by atoms with van der Waals surface area (Å²) in [5.41, 5.74) is 2.26. The maximum atomic E-state index is 13.9. The first kappa shape index (κ1) is 12.0. The molecule has 1 aromatic carbocycles. The Hall–Kier alpha value is -2.01. The minimum Gasteiger partial charge on any atom is -0.465 e. The van der Waals surface area contributed by atoms with Gasteiger partial charge in [-0.05, 0) is 6.07 Å². The predicted molar refractivity (Wildman–Crippen MR) is 68.5 cm³/mol. The van der Waals surface area contributed by atoms with E-state index in [1.165, 1.54) is 13.2 Å². The molecular formula is C14H13FN2O2. The van der Waals surface area contributed by atoms with Crippen molar-refractivity contribution in [1.82, 2.24) is 10.3 Å². The lowest BCUT2D eigenvalue weighted by Gasteiger charge is -2.20. The van der Waals surface area contributed by atoms with Crippen molar-refractivity contribution >= 4 is 16.9 Å². The number of carbonyl (C=O) groups excluding carboxylic acids is 1. The van der Waals surface area contributed by atoms with Crippen LogP contribution in [0.15, 0.2) is 18.2 Å². The number of para-hydroxylation sites is 1. The van der Waals surface area contributed by atoms with E-state index in [1.807, 2.05) is 0 Å². The molecule has 0 saturated heterocycles. The normalized spacial score (nSPS) is 14.2. The summed E-state index contributed by atoms with van der Waals surface area (Å²) in [6, 6.07) is 4.63. The van der Waals surface area contributed by atoms with Crippen LogP contribution in [0.5, 0.6) is 0 Å². The third kappa shape index (κ3) is 1.86. The van der Waals surface area contributed by atoms with Crippen LogP contribution in [0.4, 0.5) is 4.39 Å². The van der Waals surface area contributed by atoms with Crippen molar-refractivity contribution < 1.29 is 13.9 Å². The molecule has 2 heterocycles. The van der Waals surface area contributed by atoms with E-state index in [-0.39, 0.29) is 5.52 Å². The second-order valence-corrected chi connectivity index (χ2v) is 4.47. The Kier molecular flexibility index (Phi) is 2.91. The van der Waals surface area contributed by atoms with Gasteiger partial charge in [-0.1, -0.05) is 12.1 Å². The second kappa shape index (κ2) is 4.59. The van der Waals surface area contributed by atoms with Crippen molar-refractivity contribution in [1.29, 1.82) is 0 Å². The molecule has 0 bridgehead atoms. The lowest BCUT2D eigenvalue weighted by atomic mass is 9.96. The van der Waals surface area contributed by atoms with Gasteiger partial charge in [0, 0.05) is 36.2 Å². The van der Waals surface area contributed by atoms with E-state index in [9.17, 15) is 9.18 Å². The van der Waals surface area contributed by atoms with E-state index >= 15 is 0 Å². The van der Waals surface area contributed by atoms with Crippen LogP contribution in [0, 0.1) is 5.82 Å². The van der Waals surface area contributed by atoms with Gasteiger partial charge < -0.3 is 10.1 Å². The Labute approximate surface area is 109 Å². The molecule has 0 fully saturated rings. The fraction of sp³-hybridized carbons (Fsp3) is 0.286. The Bertz CT molecular complexity index is 670. The zero-order valence-corrected chi connectivity index (χ0v) is 10.5. The van der Waals surface area contributed by atoms with Crippen molar-refractivity contribution in [2.45, 2.75) is 13.0 Å². The molecule has 1 aromatic heterocycles. The molecular weight excluding hydrogens is 247 g/mol. The average molecular weight is 260 g/mol. The van der Waals surface area contributed by atoms with E-state index in [2.05, 4.69) is 10.3 Å². The van der Waals surface area contributed by atoms with E-state index in [1.54, 1.807) is 12.1 Å². The highest BCUT2D eigenvalue weighted by atomic mass is 19.1. The first-order valence-electron chi connectivity index (χ1n) is 6.11. The molecule has 1 aliphatic heterocycles. The fourth-order valence-electron chi connectivity index (χ4n) is 2.49. The minimum absolute atomic E-state index is 0.239. The lowest BCUT2D eigenvalue weighted by Crippen LogP contribution is -2.27. The molecule has 0 unspecified atom stereocenters. The van der Waals surface area contributed by atoms with Crippen molar-refractivity contribution in [2.75, 3.05) is 13.7 Å². The Morgan fingerprint density at radius 2 is 2.32 bits per heavy atom. The molecule has 19 heavy (non-hydrogen) atoms. The molecule has 5 heteroatoms. The van der Waals surface area contributed by atoms with Crippen LogP contribution in [0.25, 0.3) is 10.9 Å². The number of hydrogen-bond donors (Lipinski definition) is 1. The largest absolute Gasteiger partial charge is 0.465 e. The molecule has 2 aromatic rings. The van der Waals surface area contributed by atoms with Gasteiger partial charge in [0.1, 0.15) is 11.3 Å². The summed E-state index contributed by atoms with van der Waals surface area (Å²) in [4.78, 5) is 16.4. The maximum absolute atomic E-state index is 13.9. The third-order valence-corrected chi connectivity index (χ3v) is 3.38. The molecule has 0 spiro atoms. The number of ether oxygens (including phenoxy) is 1. The van der Waals surface area contributed by atoms with Crippen LogP contribution in [0.2, 0.25) is 0 Å². The monoisotopic (exact) mass is 260 g/mol. The summed E-state index contributed by atoms with van der Waals surface area (Å²) in [5, 5.41) is 3.71. The first-order valence-corrected chi connectivity index (χ1v) is 6.11. The highest BCUT2D eigenvalue weighted by Crippen LogP contribution is 2.27. The van der Waals surface area contributed by atoms with Gasteiger partial charge in [-0.2, -0.15) is 0 Å². The minimum atomic E-state index is -0.446. The second-order valence-electron chi connectivity index (χ2n) is 4.47. The number of rotatable bonds is 1. The highest BCUT2D eigenvalue weighted by molar-refractivity contribution is 6.05. The quantitative estimate of drug-likeness (QED) is 0.794. The van der Waals surface area contributed by atoms with Crippen molar-refractivity contribution in [2.24, 2.45) is 0 Å². The van der Waals surface area contributed by atoms with Gasteiger partial charge in [-0.3, -0.25) is 0 Å². The maximum Gasteiger partial charge on any atom is 0.338 e. The fourth-order valence-corrected chi connectivity index (χ4v) is 2.49. The molecule has 1 aliphatic rings. The number of carbonyl (C=O) groups is 1. The number of benzene rings is 1. The molecule has 0 aliphatic carbocycles. The molecule has 98 valence electrons. The third-order valence-electron chi connectivity index (χ3n) is 3.38. The molecule has 3 rings (SSSR count). The SMILES string of the molecule is COC(=O)c1c2c(nc3c(F)cccc13)CCNC2. The Morgan fingerprint density at radius 1 is 1.47 bits per heavy atom. The number of pyridine rings is 1. The number of aromatic nitrogens is 1. The summed E-state index contributed by atoms with van der Waals surface area (Å²) < 4.78 is 18.7. The molecule has 0 atom stereocenters. The van der Waals surface area contributed by atoms with Gasteiger partial charge in [0.15, 0.2) is 0 Å². The van der Waals surface area contributed by atoms with E-state index in [4.69, 9.17) is 4.74 Å². The van der Waals surface area contributed by atoms with Gasteiger partial charge in [0.25, 0.3) is 0 Å². The molecule has 0 radical (unpaired) electrons. The summed E-state index contributed by atoms with van der Waals surface area (Å²) in [5.74, 6) is -0.859. The number of fused-ring (bicyclic) bond motifs is 2. The number of halogens is 1. The van der Waals surface area contributed by atoms with Crippen LogP contribution in [0.3, 0.4) is 0 Å². The summed E-state index contributed by atoms with van der Waals surface area (Å²) in [6.45, 7) is 1.33. The van der Waals surface area contributed by atoms with E-state index in [0.717, 1.165) is 17.8 Å². The lowest BCUT2D eigenvalue weighted by molar-refractivity contribution is 0.0601. The van der Waals surface area contributed by atoms with Gasteiger partial charge in [-0.25, -0.2) is 14.2 Å². The summed E-state index contributed by atoms with van der Waals surface area (Å²) >= 11 is 0. The Balaban J connectivity index is 2.40. The summed E-state index contributed by atoms with van der Waals surface area (Å²) in [7, 11) is 1.33. The molecule has 0 amide bonds. The van der Waals surface area contributed by atoms with Crippen LogP contribution in [0.1, 0.15) is 21.6 Å². The number of nitrogens with zero attached hydrogens (tertiary/aromatic N) is 1. The van der Waals surface area contributed by atoms with Crippen molar-refractivity contribution in [3.05, 3.63) is 40.8 Å². The summed E-state index contributed by atoms with van der Waals surface area (Å²) in [6.07, 6.45) is 0.684. The van der Waals surface area contributed by atoms with E-state index in [0.29, 0.717) is 23.9 Å². The van der Waals surface area contributed by atoms with E-state index < -0.39 is 11.8 Å². The zero-order chi connectivity index (χ0) is 13.4. The average Bonchev–Trinajstić information content (AvgIpc) is 2.45. The first-order chi connectivity index (χ1) is 9.22.